The Morgan fingerprint density at radius 2 is 2.26 bits per heavy atom. The molecule has 0 bridgehead atoms. The number of halogens is 1. The van der Waals surface area contributed by atoms with E-state index in [9.17, 15) is 9.18 Å². The molecule has 1 N–H and O–H groups in total. The summed E-state index contributed by atoms with van der Waals surface area (Å²) in [5.74, 6) is -0.437. The number of aromatic amines is 1. The van der Waals surface area contributed by atoms with E-state index in [1.807, 2.05) is 11.0 Å². The number of nitrogens with zero attached hydrogens (tertiary/aromatic N) is 2. The summed E-state index contributed by atoms with van der Waals surface area (Å²) in [6.45, 7) is 2.75. The fraction of sp³-hybridized carbons (Fsp3) is 0.333. The van der Waals surface area contributed by atoms with Gasteiger partial charge in [0.1, 0.15) is 11.5 Å². The molecule has 0 fully saturated rings. The molecular formula is C18H20FN3O. The summed E-state index contributed by atoms with van der Waals surface area (Å²) in [5, 5.41) is 6.84. The van der Waals surface area contributed by atoms with Gasteiger partial charge in [0.15, 0.2) is 0 Å². The molecule has 2 aromatic rings. The Bertz CT molecular complexity index is 723. The number of amides is 1. The molecule has 1 atom stereocenters. The van der Waals surface area contributed by atoms with Gasteiger partial charge in [0.05, 0.1) is 11.7 Å². The number of carbonyl (C=O) groups excluding carboxylic acids is 1. The number of hydrogen-bond acceptors (Lipinski definition) is 2. The molecule has 1 aliphatic heterocycles. The molecule has 1 aromatic carbocycles. The molecule has 1 aliphatic rings. The third kappa shape index (κ3) is 3.18. The van der Waals surface area contributed by atoms with Crippen LogP contribution in [0.3, 0.4) is 0 Å². The van der Waals surface area contributed by atoms with Crippen LogP contribution in [0.5, 0.6) is 0 Å². The summed E-state index contributed by atoms with van der Waals surface area (Å²) in [6.07, 6.45) is 7.26. The first-order valence-electron chi connectivity index (χ1n) is 7.98. The maximum absolute atomic E-state index is 13.8. The number of aromatic nitrogens is 2. The van der Waals surface area contributed by atoms with Gasteiger partial charge in [-0.2, -0.15) is 5.10 Å². The van der Waals surface area contributed by atoms with E-state index in [2.05, 4.69) is 23.2 Å². The zero-order valence-electron chi connectivity index (χ0n) is 13.1. The van der Waals surface area contributed by atoms with Crippen molar-refractivity contribution in [3.63, 3.8) is 0 Å². The van der Waals surface area contributed by atoms with Crippen molar-refractivity contribution in [3.8, 4) is 11.3 Å². The lowest BCUT2D eigenvalue weighted by atomic mass is 10.1. The van der Waals surface area contributed by atoms with Gasteiger partial charge in [0.25, 0.3) is 5.91 Å². The van der Waals surface area contributed by atoms with Gasteiger partial charge in [-0.25, -0.2) is 4.39 Å². The molecule has 4 nitrogen and oxygen atoms in total. The van der Waals surface area contributed by atoms with Gasteiger partial charge in [-0.05, 0) is 24.6 Å². The van der Waals surface area contributed by atoms with Crippen molar-refractivity contribution in [1.29, 1.82) is 0 Å². The summed E-state index contributed by atoms with van der Waals surface area (Å²) in [5.41, 5.74) is 1.24. The second-order valence-corrected chi connectivity index (χ2v) is 5.74. The summed E-state index contributed by atoms with van der Waals surface area (Å²) >= 11 is 0. The molecule has 5 heteroatoms. The van der Waals surface area contributed by atoms with E-state index >= 15 is 0 Å². The van der Waals surface area contributed by atoms with E-state index in [0.29, 0.717) is 23.5 Å². The van der Waals surface area contributed by atoms with Crippen LogP contribution >= 0.6 is 0 Å². The van der Waals surface area contributed by atoms with E-state index in [4.69, 9.17) is 0 Å². The second-order valence-electron chi connectivity index (χ2n) is 5.74. The molecule has 0 radical (unpaired) electrons. The monoisotopic (exact) mass is 313 g/mol. The van der Waals surface area contributed by atoms with Gasteiger partial charge in [-0.15, -0.1) is 0 Å². The van der Waals surface area contributed by atoms with Gasteiger partial charge in [0, 0.05) is 12.1 Å². The third-order valence-corrected chi connectivity index (χ3v) is 4.13. The second kappa shape index (κ2) is 6.77. The Morgan fingerprint density at radius 1 is 1.43 bits per heavy atom. The van der Waals surface area contributed by atoms with Gasteiger partial charge < -0.3 is 4.90 Å². The predicted octanol–water partition coefficient (Wildman–Crippen LogP) is 3.79. The highest BCUT2D eigenvalue weighted by molar-refractivity contribution is 5.94. The first-order chi connectivity index (χ1) is 11.2. The SMILES string of the molecule is CCCCC1C=CCN1C(=O)c1cc(-c2ccccc2F)n[nH]1. The molecule has 0 aliphatic carbocycles. The van der Waals surface area contributed by atoms with E-state index < -0.39 is 0 Å². The normalized spacial score (nSPS) is 17.0. The van der Waals surface area contributed by atoms with E-state index in [1.165, 1.54) is 6.07 Å². The van der Waals surface area contributed by atoms with E-state index in [0.717, 1.165) is 19.3 Å². The van der Waals surface area contributed by atoms with Crippen molar-refractivity contribution in [2.24, 2.45) is 0 Å². The minimum atomic E-state index is -0.346. The predicted molar refractivity (Wildman–Crippen MR) is 87.5 cm³/mol. The fourth-order valence-corrected chi connectivity index (χ4v) is 2.86. The quantitative estimate of drug-likeness (QED) is 0.854. The Morgan fingerprint density at radius 3 is 3.04 bits per heavy atom. The maximum atomic E-state index is 13.8. The van der Waals surface area contributed by atoms with Crippen LogP contribution in [0, 0.1) is 5.82 Å². The first kappa shape index (κ1) is 15.5. The first-order valence-corrected chi connectivity index (χ1v) is 7.98. The Balaban J connectivity index is 1.78. The van der Waals surface area contributed by atoms with Gasteiger partial charge in [-0.1, -0.05) is 44.1 Å². The average molecular weight is 313 g/mol. The number of hydrogen-bond donors (Lipinski definition) is 1. The van der Waals surface area contributed by atoms with Crippen molar-refractivity contribution in [3.05, 3.63) is 54.0 Å². The van der Waals surface area contributed by atoms with Crippen LogP contribution in [0.25, 0.3) is 11.3 Å². The van der Waals surface area contributed by atoms with Crippen LogP contribution in [0.4, 0.5) is 4.39 Å². The highest BCUT2D eigenvalue weighted by atomic mass is 19.1. The summed E-state index contributed by atoms with van der Waals surface area (Å²) < 4.78 is 13.8. The smallest absolute Gasteiger partial charge is 0.272 e. The molecule has 0 saturated heterocycles. The molecule has 2 heterocycles. The van der Waals surface area contributed by atoms with Crippen LogP contribution < -0.4 is 0 Å². The summed E-state index contributed by atoms with van der Waals surface area (Å²) in [7, 11) is 0. The Labute approximate surface area is 135 Å². The largest absolute Gasteiger partial charge is 0.327 e. The van der Waals surface area contributed by atoms with Crippen molar-refractivity contribution >= 4 is 5.91 Å². The van der Waals surface area contributed by atoms with E-state index in [1.54, 1.807) is 24.3 Å². The minimum Gasteiger partial charge on any atom is -0.327 e. The topological polar surface area (TPSA) is 49.0 Å². The minimum absolute atomic E-state index is 0.0915. The lowest BCUT2D eigenvalue weighted by Crippen LogP contribution is -2.36. The Hall–Kier alpha value is -2.43. The number of H-pyrrole nitrogens is 1. The molecular weight excluding hydrogens is 293 g/mol. The van der Waals surface area contributed by atoms with Crippen LogP contribution in [-0.4, -0.2) is 33.6 Å². The molecule has 0 spiro atoms. The zero-order chi connectivity index (χ0) is 16.2. The molecule has 23 heavy (non-hydrogen) atoms. The maximum Gasteiger partial charge on any atom is 0.272 e. The van der Waals surface area contributed by atoms with E-state index in [-0.39, 0.29) is 17.8 Å². The standard InChI is InChI=1S/C18H20FN3O/c1-2-3-7-13-8-6-11-22(13)18(23)17-12-16(20-21-17)14-9-4-5-10-15(14)19/h4-6,8-10,12-13H,2-3,7,11H2,1H3,(H,20,21). The third-order valence-electron chi connectivity index (χ3n) is 4.13. The average Bonchev–Trinajstić information content (AvgIpc) is 3.22. The number of rotatable bonds is 5. The molecule has 1 amide bonds. The van der Waals surface area contributed by atoms with Crippen molar-refractivity contribution in [2.75, 3.05) is 6.54 Å². The molecule has 1 unspecified atom stereocenters. The van der Waals surface area contributed by atoms with Crippen molar-refractivity contribution < 1.29 is 9.18 Å². The lowest BCUT2D eigenvalue weighted by Gasteiger charge is -2.23. The van der Waals surface area contributed by atoms with Crippen LogP contribution in [0.15, 0.2) is 42.5 Å². The van der Waals surface area contributed by atoms with Gasteiger partial charge in [0.2, 0.25) is 0 Å². The van der Waals surface area contributed by atoms with Gasteiger partial charge >= 0.3 is 0 Å². The van der Waals surface area contributed by atoms with Crippen molar-refractivity contribution in [1.82, 2.24) is 15.1 Å². The highest BCUT2D eigenvalue weighted by Crippen LogP contribution is 2.23. The Kier molecular flexibility index (Phi) is 4.55. The molecule has 3 rings (SSSR count). The van der Waals surface area contributed by atoms with Crippen LogP contribution in [0.1, 0.15) is 36.7 Å². The highest BCUT2D eigenvalue weighted by Gasteiger charge is 2.26. The molecule has 120 valence electrons. The number of carbonyl (C=O) groups is 1. The summed E-state index contributed by atoms with van der Waals surface area (Å²) in [6, 6.07) is 8.18. The van der Waals surface area contributed by atoms with Crippen molar-refractivity contribution in [2.45, 2.75) is 32.2 Å². The number of nitrogens with one attached hydrogen (secondary N) is 1. The zero-order valence-corrected chi connectivity index (χ0v) is 13.1. The fourth-order valence-electron chi connectivity index (χ4n) is 2.86. The lowest BCUT2D eigenvalue weighted by molar-refractivity contribution is 0.0737. The van der Waals surface area contributed by atoms with Crippen LogP contribution in [0.2, 0.25) is 0 Å². The molecule has 0 saturated carbocycles. The number of unbranched alkanes of at least 4 members (excludes halogenated alkanes) is 1. The summed E-state index contributed by atoms with van der Waals surface area (Å²) in [4.78, 5) is 14.5. The molecule has 1 aromatic heterocycles. The number of benzene rings is 1. The van der Waals surface area contributed by atoms with Crippen LogP contribution in [-0.2, 0) is 0 Å². The van der Waals surface area contributed by atoms with Gasteiger partial charge in [-0.3, -0.25) is 9.89 Å².